The molecule has 1 aromatic heterocycles. The summed E-state index contributed by atoms with van der Waals surface area (Å²) in [4.78, 5) is 4.29. The number of sulfonamides is 1. The summed E-state index contributed by atoms with van der Waals surface area (Å²) < 4.78 is 29.7. The first-order valence-electron chi connectivity index (χ1n) is 5.42. The molecule has 2 aromatic rings. The first-order chi connectivity index (χ1) is 8.46. The summed E-state index contributed by atoms with van der Waals surface area (Å²) in [6, 6.07) is 9.61. The van der Waals surface area contributed by atoms with E-state index in [1.54, 1.807) is 6.92 Å². The first-order valence-corrected chi connectivity index (χ1v) is 7.31. The Hall–Kier alpha value is -1.66. The van der Waals surface area contributed by atoms with Gasteiger partial charge in [0.25, 0.3) is 0 Å². The van der Waals surface area contributed by atoms with Crippen LogP contribution >= 0.6 is 0 Å². The van der Waals surface area contributed by atoms with E-state index in [1.807, 2.05) is 30.3 Å². The predicted molar refractivity (Wildman–Crippen MR) is 68.4 cm³/mol. The average molecular weight is 266 g/mol. The SMILES string of the molecule is Cc1oc(CNS(C)(=O)=O)nc1-c1ccccc1. The Morgan fingerprint density at radius 2 is 1.94 bits per heavy atom. The van der Waals surface area contributed by atoms with Gasteiger partial charge in [-0.25, -0.2) is 18.1 Å². The molecule has 1 aromatic carbocycles. The Kier molecular flexibility index (Phi) is 3.49. The van der Waals surface area contributed by atoms with E-state index in [-0.39, 0.29) is 6.54 Å². The number of aryl methyl sites for hydroxylation is 1. The van der Waals surface area contributed by atoms with Gasteiger partial charge in [-0.15, -0.1) is 0 Å². The minimum atomic E-state index is -3.24. The van der Waals surface area contributed by atoms with Crippen LogP contribution in [0.15, 0.2) is 34.7 Å². The van der Waals surface area contributed by atoms with Crippen molar-refractivity contribution in [2.24, 2.45) is 0 Å². The fourth-order valence-electron chi connectivity index (χ4n) is 1.58. The third-order valence-electron chi connectivity index (χ3n) is 2.37. The lowest BCUT2D eigenvalue weighted by atomic mass is 10.1. The van der Waals surface area contributed by atoms with Gasteiger partial charge in [-0.1, -0.05) is 30.3 Å². The summed E-state index contributed by atoms with van der Waals surface area (Å²) in [5.74, 6) is 1.03. The summed E-state index contributed by atoms with van der Waals surface area (Å²) in [6.45, 7) is 1.87. The lowest BCUT2D eigenvalue weighted by Crippen LogP contribution is -2.21. The number of nitrogens with one attached hydrogen (secondary N) is 1. The van der Waals surface area contributed by atoms with Gasteiger partial charge in [0, 0.05) is 5.56 Å². The van der Waals surface area contributed by atoms with Gasteiger partial charge in [0.2, 0.25) is 15.9 Å². The molecule has 0 fully saturated rings. The van der Waals surface area contributed by atoms with E-state index < -0.39 is 10.0 Å². The zero-order chi connectivity index (χ0) is 13.2. The Morgan fingerprint density at radius 1 is 1.28 bits per heavy atom. The molecule has 6 heteroatoms. The van der Waals surface area contributed by atoms with Gasteiger partial charge in [-0.05, 0) is 6.92 Å². The number of hydrogen-bond acceptors (Lipinski definition) is 4. The molecule has 0 unspecified atom stereocenters. The highest BCUT2D eigenvalue weighted by atomic mass is 32.2. The second-order valence-corrected chi connectivity index (χ2v) is 5.80. The van der Waals surface area contributed by atoms with E-state index in [2.05, 4.69) is 9.71 Å². The fourth-order valence-corrected chi connectivity index (χ4v) is 1.97. The van der Waals surface area contributed by atoms with Crippen molar-refractivity contribution in [2.45, 2.75) is 13.5 Å². The molecule has 18 heavy (non-hydrogen) atoms. The molecule has 0 amide bonds. The smallest absolute Gasteiger partial charge is 0.210 e. The second kappa shape index (κ2) is 4.91. The molecule has 2 rings (SSSR count). The van der Waals surface area contributed by atoms with Crippen LogP contribution in [0.4, 0.5) is 0 Å². The third-order valence-corrected chi connectivity index (χ3v) is 3.04. The van der Waals surface area contributed by atoms with Gasteiger partial charge >= 0.3 is 0 Å². The molecule has 0 aliphatic heterocycles. The third kappa shape index (κ3) is 3.18. The van der Waals surface area contributed by atoms with E-state index in [0.29, 0.717) is 11.7 Å². The van der Waals surface area contributed by atoms with Gasteiger partial charge in [0.05, 0.1) is 12.8 Å². The average Bonchev–Trinajstić information content (AvgIpc) is 2.68. The van der Waals surface area contributed by atoms with Gasteiger partial charge in [0.15, 0.2) is 0 Å². The quantitative estimate of drug-likeness (QED) is 0.914. The number of oxazole rings is 1. The van der Waals surface area contributed by atoms with Crippen LogP contribution < -0.4 is 4.72 Å². The Morgan fingerprint density at radius 3 is 2.56 bits per heavy atom. The normalized spacial score (nSPS) is 11.7. The maximum atomic E-state index is 11.0. The van der Waals surface area contributed by atoms with Crippen LogP contribution in [0.1, 0.15) is 11.7 Å². The molecule has 1 heterocycles. The lowest BCUT2D eigenvalue weighted by molar-refractivity contribution is 0.464. The maximum absolute atomic E-state index is 11.0. The van der Waals surface area contributed by atoms with E-state index in [4.69, 9.17) is 4.42 Å². The van der Waals surface area contributed by atoms with Crippen LogP contribution in [-0.2, 0) is 16.6 Å². The summed E-state index contributed by atoms with van der Waals surface area (Å²) in [5, 5.41) is 0. The van der Waals surface area contributed by atoms with Gasteiger partial charge in [-0.2, -0.15) is 0 Å². The van der Waals surface area contributed by atoms with Gasteiger partial charge in [-0.3, -0.25) is 0 Å². The molecule has 0 atom stereocenters. The summed E-state index contributed by atoms with van der Waals surface area (Å²) >= 11 is 0. The van der Waals surface area contributed by atoms with E-state index >= 15 is 0 Å². The minimum absolute atomic E-state index is 0.0620. The fraction of sp³-hybridized carbons (Fsp3) is 0.250. The monoisotopic (exact) mass is 266 g/mol. The van der Waals surface area contributed by atoms with Crippen molar-refractivity contribution in [3.05, 3.63) is 42.0 Å². The number of rotatable bonds is 4. The second-order valence-electron chi connectivity index (χ2n) is 3.97. The molecule has 0 radical (unpaired) electrons. The van der Waals surface area contributed by atoms with Crippen LogP contribution in [0.3, 0.4) is 0 Å². The van der Waals surface area contributed by atoms with E-state index in [0.717, 1.165) is 17.5 Å². The Labute approximate surface area is 106 Å². The van der Waals surface area contributed by atoms with E-state index in [1.165, 1.54) is 0 Å². The highest BCUT2D eigenvalue weighted by Crippen LogP contribution is 2.22. The molecular formula is C12H14N2O3S. The molecule has 0 bridgehead atoms. The summed E-state index contributed by atoms with van der Waals surface area (Å²) in [5.41, 5.74) is 1.69. The van der Waals surface area contributed by atoms with Crippen molar-refractivity contribution in [3.63, 3.8) is 0 Å². The molecule has 0 aliphatic rings. The Balaban J connectivity index is 2.23. The van der Waals surface area contributed by atoms with Gasteiger partial charge in [0.1, 0.15) is 11.5 Å². The lowest BCUT2D eigenvalue weighted by Gasteiger charge is -1.96. The number of benzene rings is 1. The van der Waals surface area contributed by atoms with Gasteiger partial charge < -0.3 is 4.42 Å². The Bertz CT molecular complexity index is 633. The largest absolute Gasteiger partial charge is 0.444 e. The molecular weight excluding hydrogens is 252 g/mol. The number of hydrogen-bond donors (Lipinski definition) is 1. The van der Waals surface area contributed by atoms with Crippen molar-refractivity contribution in [1.82, 2.24) is 9.71 Å². The van der Waals surface area contributed by atoms with Crippen molar-refractivity contribution >= 4 is 10.0 Å². The van der Waals surface area contributed by atoms with Crippen LogP contribution in [0.2, 0.25) is 0 Å². The van der Waals surface area contributed by atoms with Crippen LogP contribution in [0, 0.1) is 6.92 Å². The molecule has 0 saturated carbocycles. The molecule has 0 aliphatic carbocycles. The van der Waals surface area contributed by atoms with E-state index in [9.17, 15) is 8.42 Å². The zero-order valence-electron chi connectivity index (χ0n) is 10.2. The number of aromatic nitrogens is 1. The van der Waals surface area contributed by atoms with Crippen LogP contribution in [0.25, 0.3) is 11.3 Å². The minimum Gasteiger partial charge on any atom is -0.444 e. The zero-order valence-corrected chi connectivity index (χ0v) is 11.0. The van der Waals surface area contributed by atoms with Crippen LogP contribution in [0.5, 0.6) is 0 Å². The summed E-state index contributed by atoms with van der Waals surface area (Å²) in [6.07, 6.45) is 1.10. The molecule has 5 nitrogen and oxygen atoms in total. The maximum Gasteiger partial charge on any atom is 0.210 e. The predicted octanol–water partition coefficient (Wildman–Crippen LogP) is 1.70. The first kappa shape index (κ1) is 12.8. The summed E-state index contributed by atoms with van der Waals surface area (Å²) in [7, 11) is -3.24. The highest BCUT2D eigenvalue weighted by Gasteiger charge is 2.12. The standard InChI is InChI=1S/C12H14N2O3S/c1-9-12(10-6-4-3-5-7-10)14-11(17-9)8-13-18(2,15)16/h3-7,13H,8H2,1-2H3. The molecule has 0 saturated heterocycles. The van der Waals surface area contributed by atoms with Crippen molar-refractivity contribution in [2.75, 3.05) is 6.26 Å². The van der Waals surface area contributed by atoms with Crippen molar-refractivity contribution in [3.8, 4) is 11.3 Å². The topological polar surface area (TPSA) is 72.2 Å². The van der Waals surface area contributed by atoms with Crippen molar-refractivity contribution < 1.29 is 12.8 Å². The molecule has 1 N–H and O–H groups in total. The highest BCUT2D eigenvalue weighted by molar-refractivity contribution is 7.88. The molecule has 96 valence electrons. The van der Waals surface area contributed by atoms with Crippen molar-refractivity contribution in [1.29, 1.82) is 0 Å². The van der Waals surface area contributed by atoms with Crippen LogP contribution in [-0.4, -0.2) is 19.7 Å². The number of nitrogens with zero attached hydrogens (tertiary/aromatic N) is 1. The molecule has 0 spiro atoms.